The van der Waals surface area contributed by atoms with Crippen LogP contribution in [0.25, 0.3) is 0 Å². The van der Waals surface area contributed by atoms with Gasteiger partial charge in [0, 0.05) is 16.8 Å². The molecule has 1 aromatic carbocycles. The zero-order valence-electron chi connectivity index (χ0n) is 10.4. The highest BCUT2D eigenvalue weighted by Crippen LogP contribution is 2.38. The molecule has 3 rings (SSSR count). The summed E-state index contributed by atoms with van der Waals surface area (Å²) in [5, 5.41) is 4.22. The van der Waals surface area contributed by atoms with E-state index in [1.807, 2.05) is 7.05 Å². The molecule has 0 amide bonds. The Morgan fingerprint density at radius 1 is 1.33 bits per heavy atom. The second kappa shape index (κ2) is 4.37. The predicted molar refractivity (Wildman–Crippen MR) is 75.7 cm³/mol. The number of hydrogen-bond donors (Lipinski definition) is 2. The number of nitrogen functional groups attached to an aromatic ring is 1. The van der Waals surface area contributed by atoms with Crippen LogP contribution in [0.5, 0.6) is 0 Å². The standard InChI is InChI=1S/C14H17N3S/c1-16-14(10-5-3-2-4-6-10)8-7-11-12(9-14)18-13(15)17-11/h2-6,16H,7-9H2,1H3,(H2,15,17). The van der Waals surface area contributed by atoms with Crippen LogP contribution in [0.1, 0.15) is 22.6 Å². The number of thiazole rings is 1. The van der Waals surface area contributed by atoms with Gasteiger partial charge < -0.3 is 11.1 Å². The number of likely N-dealkylation sites (N-methyl/N-ethyl adjacent to an activating group) is 1. The van der Waals surface area contributed by atoms with E-state index in [-0.39, 0.29) is 5.54 Å². The van der Waals surface area contributed by atoms with Crippen molar-refractivity contribution < 1.29 is 0 Å². The van der Waals surface area contributed by atoms with Crippen molar-refractivity contribution >= 4 is 16.5 Å². The first-order valence-corrected chi connectivity index (χ1v) is 7.04. The van der Waals surface area contributed by atoms with Crippen LogP contribution in [0.15, 0.2) is 30.3 Å². The smallest absolute Gasteiger partial charge is 0.180 e. The van der Waals surface area contributed by atoms with E-state index in [2.05, 4.69) is 40.6 Å². The van der Waals surface area contributed by atoms with Gasteiger partial charge in [-0.1, -0.05) is 30.3 Å². The second-order valence-electron chi connectivity index (χ2n) is 4.80. The van der Waals surface area contributed by atoms with Crippen LogP contribution in [-0.4, -0.2) is 12.0 Å². The maximum absolute atomic E-state index is 5.81. The quantitative estimate of drug-likeness (QED) is 0.870. The minimum absolute atomic E-state index is 0.0350. The fourth-order valence-electron chi connectivity index (χ4n) is 2.79. The van der Waals surface area contributed by atoms with E-state index in [9.17, 15) is 0 Å². The van der Waals surface area contributed by atoms with Crippen LogP contribution in [0.2, 0.25) is 0 Å². The molecule has 94 valence electrons. The van der Waals surface area contributed by atoms with Gasteiger partial charge in [-0.3, -0.25) is 0 Å². The van der Waals surface area contributed by atoms with E-state index >= 15 is 0 Å². The average Bonchev–Trinajstić information content (AvgIpc) is 2.78. The van der Waals surface area contributed by atoms with Crippen molar-refractivity contribution in [2.24, 2.45) is 0 Å². The van der Waals surface area contributed by atoms with Crippen molar-refractivity contribution in [3.8, 4) is 0 Å². The van der Waals surface area contributed by atoms with Gasteiger partial charge >= 0.3 is 0 Å². The Kier molecular flexibility index (Phi) is 2.84. The third-order valence-corrected chi connectivity index (χ3v) is 4.78. The third-order valence-electron chi connectivity index (χ3n) is 3.85. The Labute approximate surface area is 111 Å². The number of aryl methyl sites for hydroxylation is 1. The van der Waals surface area contributed by atoms with E-state index in [1.54, 1.807) is 11.3 Å². The molecule has 18 heavy (non-hydrogen) atoms. The molecule has 1 aliphatic carbocycles. The van der Waals surface area contributed by atoms with Gasteiger partial charge in [0.1, 0.15) is 0 Å². The largest absolute Gasteiger partial charge is 0.375 e. The van der Waals surface area contributed by atoms with Crippen molar-refractivity contribution in [1.82, 2.24) is 10.3 Å². The summed E-state index contributed by atoms with van der Waals surface area (Å²) in [7, 11) is 2.04. The first-order valence-electron chi connectivity index (χ1n) is 6.22. The van der Waals surface area contributed by atoms with Gasteiger partial charge in [0.25, 0.3) is 0 Å². The molecule has 0 radical (unpaired) electrons. The first-order chi connectivity index (χ1) is 8.73. The first kappa shape index (κ1) is 11.7. The summed E-state index contributed by atoms with van der Waals surface area (Å²) in [6.07, 6.45) is 3.06. The molecule has 1 aromatic heterocycles. The third kappa shape index (κ3) is 1.82. The predicted octanol–water partition coefficient (Wildman–Crippen LogP) is 2.33. The van der Waals surface area contributed by atoms with Crippen LogP contribution < -0.4 is 11.1 Å². The van der Waals surface area contributed by atoms with E-state index in [0.29, 0.717) is 5.13 Å². The highest BCUT2D eigenvalue weighted by Gasteiger charge is 2.36. The Morgan fingerprint density at radius 3 is 2.83 bits per heavy atom. The molecule has 1 atom stereocenters. The second-order valence-corrected chi connectivity index (χ2v) is 5.91. The molecule has 0 spiro atoms. The van der Waals surface area contributed by atoms with Gasteiger partial charge in [-0.05, 0) is 25.5 Å². The van der Waals surface area contributed by atoms with Crippen LogP contribution in [0, 0.1) is 0 Å². The summed E-state index contributed by atoms with van der Waals surface area (Å²) in [5.41, 5.74) is 8.39. The molecule has 1 aliphatic rings. The lowest BCUT2D eigenvalue weighted by atomic mass is 9.78. The number of aromatic nitrogens is 1. The number of hydrogen-bond acceptors (Lipinski definition) is 4. The molecule has 0 saturated heterocycles. The number of rotatable bonds is 2. The Morgan fingerprint density at radius 2 is 2.11 bits per heavy atom. The van der Waals surface area contributed by atoms with Crippen molar-refractivity contribution in [1.29, 1.82) is 0 Å². The Bertz CT molecular complexity index is 549. The van der Waals surface area contributed by atoms with Gasteiger partial charge in [0.15, 0.2) is 5.13 Å². The number of benzene rings is 1. The molecule has 0 fully saturated rings. The zero-order valence-corrected chi connectivity index (χ0v) is 11.3. The zero-order chi connectivity index (χ0) is 12.6. The minimum atomic E-state index is 0.0350. The van der Waals surface area contributed by atoms with E-state index in [0.717, 1.165) is 19.3 Å². The van der Waals surface area contributed by atoms with Crippen molar-refractivity contribution in [3.63, 3.8) is 0 Å². The van der Waals surface area contributed by atoms with Gasteiger partial charge in [-0.25, -0.2) is 4.98 Å². The van der Waals surface area contributed by atoms with Gasteiger partial charge in [-0.2, -0.15) is 0 Å². The molecule has 1 heterocycles. The molecule has 2 aromatic rings. The molecule has 3 nitrogen and oxygen atoms in total. The molecule has 1 unspecified atom stereocenters. The summed E-state index contributed by atoms with van der Waals surface area (Å²) in [5.74, 6) is 0. The maximum atomic E-state index is 5.81. The number of fused-ring (bicyclic) bond motifs is 1. The molecule has 3 N–H and O–H groups in total. The van der Waals surface area contributed by atoms with Gasteiger partial charge in [0.2, 0.25) is 0 Å². The fourth-order valence-corrected chi connectivity index (χ4v) is 3.78. The molecule has 0 bridgehead atoms. The number of anilines is 1. The minimum Gasteiger partial charge on any atom is -0.375 e. The maximum Gasteiger partial charge on any atom is 0.180 e. The van der Waals surface area contributed by atoms with Crippen molar-refractivity contribution in [2.45, 2.75) is 24.8 Å². The molecular formula is C14H17N3S. The van der Waals surface area contributed by atoms with Gasteiger partial charge in [-0.15, -0.1) is 11.3 Å². The molecule has 4 heteroatoms. The number of nitrogens with one attached hydrogen (secondary N) is 1. The molecule has 0 aliphatic heterocycles. The lowest BCUT2D eigenvalue weighted by molar-refractivity contribution is 0.316. The SMILES string of the molecule is CNC1(c2ccccc2)CCc2nc(N)sc2C1. The van der Waals surface area contributed by atoms with Crippen LogP contribution in [0.3, 0.4) is 0 Å². The number of nitrogens with zero attached hydrogens (tertiary/aromatic N) is 1. The van der Waals surface area contributed by atoms with E-state index in [1.165, 1.54) is 16.1 Å². The van der Waals surface area contributed by atoms with Crippen LogP contribution in [-0.2, 0) is 18.4 Å². The van der Waals surface area contributed by atoms with Crippen molar-refractivity contribution in [2.75, 3.05) is 12.8 Å². The monoisotopic (exact) mass is 259 g/mol. The molecular weight excluding hydrogens is 242 g/mol. The summed E-state index contributed by atoms with van der Waals surface area (Å²) < 4.78 is 0. The molecule has 0 saturated carbocycles. The summed E-state index contributed by atoms with van der Waals surface area (Å²) >= 11 is 1.63. The average molecular weight is 259 g/mol. The van der Waals surface area contributed by atoms with Crippen LogP contribution in [0.4, 0.5) is 5.13 Å². The Hall–Kier alpha value is -1.39. The normalized spacial score (nSPS) is 22.7. The lowest BCUT2D eigenvalue weighted by Crippen LogP contribution is -2.44. The Balaban J connectivity index is 2.01. The summed E-state index contributed by atoms with van der Waals surface area (Å²) in [4.78, 5) is 5.74. The van der Waals surface area contributed by atoms with E-state index in [4.69, 9.17) is 5.73 Å². The van der Waals surface area contributed by atoms with Gasteiger partial charge in [0.05, 0.1) is 5.69 Å². The highest BCUT2D eigenvalue weighted by atomic mass is 32.1. The fraction of sp³-hybridized carbons (Fsp3) is 0.357. The van der Waals surface area contributed by atoms with E-state index < -0.39 is 0 Å². The topological polar surface area (TPSA) is 50.9 Å². The van der Waals surface area contributed by atoms with Crippen molar-refractivity contribution in [3.05, 3.63) is 46.5 Å². The number of nitrogens with two attached hydrogens (primary N) is 1. The summed E-state index contributed by atoms with van der Waals surface area (Å²) in [6.45, 7) is 0. The summed E-state index contributed by atoms with van der Waals surface area (Å²) in [6, 6.07) is 10.7. The highest BCUT2D eigenvalue weighted by molar-refractivity contribution is 7.15. The van der Waals surface area contributed by atoms with Crippen LogP contribution >= 0.6 is 11.3 Å². The lowest BCUT2D eigenvalue weighted by Gasteiger charge is -2.37.